The van der Waals surface area contributed by atoms with E-state index in [1.54, 1.807) is 42.5 Å². The van der Waals surface area contributed by atoms with Gasteiger partial charge in [0.05, 0.1) is 0 Å². The van der Waals surface area contributed by atoms with Crippen LogP contribution in [0.1, 0.15) is 22.8 Å². The molecular weight excluding hydrogens is 364 g/mol. The van der Waals surface area contributed by atoms with Crippen LogP contribution in [0.4, 0.5) is 5.69 Å². The predicted octanol–water partition coefficient (Wildman–Crippen LogP) is 2.02. The molecule has 1 aliphatic rings. The molecule has 0 fully saturated rings. The molecule has 0 radical (unpaired) electrons. The van der Waals surface area contributed by atoms with Crippen LogP contribution in [0.3, 0.4) is 0 Å². The highest BCUT2D eigenvalue weighted by Crippen LogP contribution is 2.34. The van der Waals surface area contributed by atoms with Crippen LogP contribution in [-0.2, 0) is 14.3 Å². The molecule has 2 N–H and O–H groups in total. The van der Waals surface area contributed by atoms with E-state index in [0.717, 1.165) is 5.56 Å². The van der Waals surface area contributed by atoms with Crippen LogP contribution < -0.4 is 20.1 Å². The van der Waals surface area contributed by atoms with Crippen molar-refractivity contribution in [3.8, 4) is 11.5 Å². The molecule has 0 saturated carbocycles. The Kier molecular flexibility index (Phi) is 5.78. The Labute approximate surface area is 161 Å². The number of ether oxygens (including phenoxy) is 3. The van der Waals surface area contributed by atoms with Crippen molar-refractivity contribution in [1.82, 2.24) is 5.32 Å². The number of anilines is 1. The minimum atomic E-state index is -1.03. The lowest BCUT2D eigenvalue weighted by molar-refractivity contribution is -0.152. The van der Waals surface area contributed by atoms with Gasteiger partial charge in [0.15, 0.2) is 17.6 Å². The highest BCUT2D eigenvalue weighted by molar-refractivity contribution is 5.97. The van der Waals surface area contributed by atoms with E-state index in [2.05, 4.69) is 10.6 Å². The fourth-order valence-corrected chi connectivity index (χ4v) is 2.47. The van der Waals surface area contributed by atoms with Crippen molar-refractivity contribution in [3.05, 3.63) is 53.6 Å². The monoisotopic (exact) mass is 384 g/mol. The van der Waals surface area contributed by atoms with Gasteiger partial charge in [0.25, 0.3) is 11.8 Å². The summed E-state index contributed by atoms with van der Waals surface area (Å²) in [5.41, 5.74) is 1.95. The van der Waals surface area contributed by atoms with Crippen molar-refractivity contribution in [2.45, 2.75) is 20.0 Å². The van der Waals surface area contributed by atoms with Crippen molar-refractivity contribution >= 4 is 23.5 Å². The van der Waals surface area contributed by atoms with Gasteiger partial charge < -0.3 is 24.8 Å². The van der Waals surface area contributed by atoms with Gasteiger partial charge in [-0.05, 0) is 38.1 Å². The zero-order chi connectivity index (χ0) is 20.1. The predicted molar refractivity (Wildman–Crippen MR) is 100 cm³/mol. The molecule has 1 heterocycles. The lowest BCUT2D eigenvalue weighted by Crippen LogP contribution is -2.35. The van der Waals surface area contributed by atoms with E-state index in [1.807, 2.05) is 6.92 Å². The molecule has 0 bridgehead atoms. The summed E-state index contributed by atoms with van der Waals surface area (Å²) in [6.45, 7) is 3.15. The third-order valence-electron chi connectivity index (χ3n) is 4.02. The number of aryl methyl sites for hydroxylation is 1. The molecule has 0 aliphatic carbocycles. The minimum Gasteiger partial charge on any atom is -0.454 e. The van der Waals surface area contributed by atoms with E-state index in [9.17, 15) is 14.4 Å². The third kappa shape index (κ3) is 4.79. The number of rotatable bonds is 6. The van der Waals surface area contributed by atoms with Crippen molar-refractivity contribution in [3.63, 3.8) is 0 Å². The molecule has 3 rings (SSSR count). The lowest BCUT2D eigenvalue weighted by Gasteiger charge is -2.14. The third-order valence-corrected chi connectivity index (χ3v) is 4.02. The fourth-order valence-electron chi connectivity index (χ4n) is 2.47. The number of amides is 2. The van der Waals surface area contributed by atoms with Crippen molar-refractivity contribution in [2.75, 3.05) is 18.7 Å². The topological polar surface area (TPSA) is 103 Å². The first kappa shape index (κ1) is 19.2. The van der Waals surface area contributed by atoms with Gasteiger partial charge in [0.2, 0.25) is 6.79 Å². The number of nitrogens with one attached hydrogen (secondary N) is 2. The second-order valence-corrected chi connectivity index (χ2v) is 6.24. The van der Waals surface area contributed by atoms with Crippen LogP contribution in [0.2, 0.25) is 0 Å². The molecule has 2 amide bonds. The SMILES string of the molecule is Cc1ccc(C(=O)NCC(=O)OC(C)C(=O)Nc2ccc3c(c2)OCO3)cc1. The molecule has 8 nitrogen and oxygen atoms in total. The summed E-state index contributed by atoms with van der Waals surface area (Å²) in [5.74, 6) is -0.483. The van der Waals surface area contributed by atoms with Crippen molar-refractivity contribution in [2.24, 2.45) is 0 Å². The van der Waals surface area contributed by atoms with Crippen LogP contribution in [-0.4, -0.2) is 37.2 Å². The number of benzene rings is 2. The molecule has 1 atom stereocenters. The normalized spacial score (nSPS) is 12.8. The first-order chi connectivity index (χ1) is 13.4. The van der Waals surface area contributed by atoms with E-state index >= 15 is 0 Å². The second kappa shape index (κ2) is 8.43. The van der Waals surface area contributed by atoms with Gasteiger partial charge in [-0.3, -0.25) is 14.4 Å². The minimum absolute atomic E-state index is 0.134. The maximum absolute atomic E-state index is 12.2. The zero-order valence-electron chi connectivity index (χ0n) is 15.5. The van der Waals surface area contributed by atoms with Gasteiger partial charge in [-0.2, -0.15) is 0 Å². The van der Waals surface area contributed by atoms with Gasteiger partial charge >= 0.3 is 5.97 Å². The quantitative estimate of drug-likeness (QED) is 0.739. The standard InChI is InChI=1S/C20H20N2O6/c1-12-3-5-14(6-4-12)20(25)21-10-18(23)28-13(2)19(24)22-15-7-8-16-17(9-15)27-11-26-16/h3-9,13H,10-11H2,1-2H3,(H,21,25)(H,22,24). The fraction of sp³-hybridized carbons (Fsp3) is 0.250. The number of hydrogen-bond acceptors (Lipinski definition) is 6. The van der Waals surface area contributed by atoms with E-state index in [-0.39, 0.29) is 13.3 Å². The Balaban J connectivity index is 1.46. The molecule has 1 unspecified atom stereocenters. The Morgan fingerprint density at radius 3 is 2.54 bits per heavy atom. The summed E-state index contributed by atoms with van der Waals surface area (Å²) < 4.78 is 15.5. The molecule has 8 heteroatoms. The van der Waals surface area contributed by atoms with Gasteiger partial charge in [-0.15, -0.1) is 0 Å². The van der Waals surface area contributed by atoms with E-state index in [0.29, 0.717) is 22.7 Å². The molecule has 1 aliphatic heterocycles. The maximum atomic E-state index is 12.2. The van der Waals surface area contributed by atoms with Crippen LogP contribution in [0.5, 0.6) is 11.5 Å². The highest BCUT2D eigenvalue weighted by Gasteiger charge is 2.20. The Hall–Kier alpha value is -3.55. The summed E-state index contributed by atoms with van der Waals surface area (Å²) in [6.07, 6.45) is -1.03. The van der Waals surface area contributed by atoms with Crippen molar-refractivity contribution in [1.29, 1.82) is 0 Å². The van der Waals surface area contributed by atoms with Gasteiger partial charge in [-0.25, -0.2) is 0 Å². The summed E-state index contributed by atoms with van der Waals surface area (Å²) in [7, 11) is 0. The number of fused-ring (bicyclic) bond motifs is 1. The summed E-state index contributed by atoms with van der Waals surface area (Å²) in [5, 5.41) is 5.10. The number of hydrogen-bond donors (Lipinski definition) is 2. The number of esters is 1. The maximum Gasteiger partial charge on any atom is 0.326 e. The summed E-state index contributed by atoms with van der Waals surface area (Å²) in [6, 6.07) is 11.9. The lowest BCUT2D eigenvalue weighted by atomic mass is 10.1. The average Bonchev–Trinajstić information content (AvgIpc) is 3.14. The average molecular weight is 384 g/mol. The Bertz CT molecular complexity index is 894. The highest BCUT2D eigenvalue weighted by atomic mass is 16.7. The van der Waals surface area contributed by atoms with Gasteiger partial charge in [-0.1, -0.05) is 17.7 Å². The second-order valence-electron chi connectivity index (χ2n) is 6.24. The molecule has 28 heavy (non-hydrogen) atoms. The zero-order valence-corrected chi connectivity index (χ0v) is 15.5. The van der Waals surface area contributed by atoms with Gasteiger partial charge in [0.1, 0.15) is 6.54 Å². The molecule has 2 aromatic carbocycles. The molecule has 0 aromatic heterocycles. The molecular formula is C20H20N2O6. The number of carbonyl (C=O) groups is 3. The first-order valence-corrected chi connectivity index (χ1v) is 8.67. The van der Waals surface area contributed by atoms with Crippen LogP contribution in [0.25, 0.3) is 0 Å². The smallest absolute Gasteiger partial charge is 0.326 e. The van der Waals surface area contributed by atoms with E-state index in [1.165, 1.54) is 6.92 Å². The number of carbonyl (C=O) groups excluding carboxylic acids is 3. The largest absolute Gasteiger partial charge is 0.454 e. The van der Waals surface area contributed by atoms with Crippen LogP contribution >= 0.6 is 0 Å². The Morgan fingerprint density at radius 1 is 1.07 bits per heavy atom. The summed E-state index contributed by atoms with van der Waals surface area (Å²) >= 11 is 0. The molecule has 146 valence electrons. The Morgan fingerprint density at radius 2 is 1.79 bits per heavy atom. The van der Waals surface area contributed by atoms with Crippen molar-refractivity contribution < 1.29 is 28.6 Å². The molecule has 0 saturated heterocycles. The first-order valence-electron chi connectivity index (χ1n) is 8.67. The molecule has 2 aromatic rings. The van der Waals surface area contributed by atoms with E-state index in [4.69, 9.17) is 14.2 Å². The van der Waals surface area contributed by atoms with E-state index < -0.39 is 23.9 Å². The van der Waals surface area contributed by atoms with Crippen LogP contribution in [0, 0.1) is 6.92 Å². The van der Waals surface area contributed by atoms with Gasteiger partial charge in [0, 0.05) is 17.3 Å². The molecule has 0 spiro atoms. The van der Waals surface area contributed by atoms with Crippen LogP contribution in [0.15, 0.2) is 42.5 Å². The summed E-state index contributed by atoms with van der Waals surface area (Å²) in [4.78, 5) is 36.1.